The van der Waals surface area contributed by atoms with E-state index in [4.69, 9.17) is 11.6 Å². The Morgan fingerprint density at radius 3 is 2.44 bits per heavy atom. The number of likely N-dealkylation sites (N-methyl/N-ethyl adjacent to an activating group) is 1. The van der Waals surface area contributed by atoms with Gasteiger partial charge in [0.25, 0.3) is 0 Å². The molecule has 1 aromatic rings. The number of carbonyl (C=O) groups is 1. The number of hydrogen-bond acceptors (Lipinski definition) is 3. The van der Waals surface area contributed by atoms with Crippen molar-refractivity contribution >= 4 is 23.1 Å². The predicted octanol–water partition coefficient (Wildman–Crippen LogP) is 2.43. The minimum atomic E-state index is -0.418. The molecule has 0 spiro atoms. The van der Waals surface area contributed by atoms with Crippen molar-refractivity contribution in [3.8, 4) is 0 Å². The van der Waals surface area contributed by atoms with E-state index in [0.717, 1.165) is 26.2 Å². The van der Waals surface area contributed by atoms with Crippen LogP contribution in [0.5, 0.6) is 0 Å². The van der Waals surface area contributed by atoms with E-state index in [-0.39, 0.29) is 11.3 Å². The molecule has 18 heavy (non-hydrogen) atoms. The topological polar surface area (TPSA) is 23.6 Å². The molecule has 0 N–H and O–H groups in total. The first kappa shape index (κ1) is 13.3. The molecule has 0 bridgehead atoms. The van der Waals surface area contributed by atoms with Crippen molar-refractivity contribution in [3.05, 3.63) is 28.5 Å². The summed E-state index contributed by atoms with van der Waals surface area (Å²) in [6, 6.07) is 2.60. The van der Waals surface area contributed by atoms with Crippen LogP contribution in [-0.4, -0.2) is 43.9 Å². The number of halogens is 2. The van der Waals surface area contributed by atoms with E-state index in [0.29, 0.717) is 10.7 Å². The maximum absolute atomic E-state index is 13.6. The summed E-state index contributed by atoms with van der Waals surface area (Å²) in [6.45, 7) is 4.78. The second kappa shape index (κ2) is 5.24. The zero-order valence-electron chi connectivity index (χ0n) is 10.5. The quantitative estimate of drug-likeness (QED) is 0.771. The molecule has 0 unspecified atom stereocenters. The van der Waals surface area contributed by atoms with Gasteiger partial charge in [0, 0.05) is 31.7 Å². The van der Waals surface area contributed by atoms with Crippen LogP contribution in [0, 0.1) is 5.82 Å². The van der Waals surface area contributed by atoms with Crippen molar-refractivity contribution < 1.29 is 9.18 Å². The molecule has 1 aliphatic heterocycles. The van der Waals surface area contributed by atoms with Crippen molar-refractivity contribution in [2.75, 3.05) is 38.1 Å². The molecule has 1 fully saturated rings. The highest BCUT2D eigenvalue weighted by atomic mass is 35.5. The smallest absolute Gasteiger partial charge is 0.161 e. The zero-order chi connectivity index (χ0) is 13.3. The normalized spacial score (nSPS) is 17.0. The Labute approximate surface area is 111 Å². The highest BCUT2D eigenvalue weighted by molar-refractivity contribution is 6.36. The number of nitrogens with zero attached hydrogens (tertiary/aromatic N) is 2. The molecular formula is C13H16ClFN2O. The number of benzene rings is 1. The van der Waals surface area contributed by atoms with Gasteiger partial charge in [0.1, 0.15) is 5.82 Å². The van der Waals surface area contributed by atoms with E-state index < -0.39 is 5.82 Å². The van der Waals surface area contributed by atoms with Gasteiger partial charge in [0.15, 0.2) is 5.78 Å². The fourth-order valence-corrected chi connectivity index (χ4v) is 2.47. The molecule has 0 radical (unpaired) electrons. The number of piperazine rings is 1. The van der Waals surface area contributed by atoms with Crippen LogP contribution < -0.4 is 4.90 Å². The summed E-state index contributed by atoms with van der Waals surface area (Å²) in [6.07, 6.45) is 0. The van der Waals surface area contributed by atoms with Crippen molar-refractivity contribution in [1.82, 2.24) is 4.90 Å². The number of hydrogen-bond donors (Lipinski definition) is 0. The average molecular weight is 271 g/mol. The van der Waals surface area contributed by atoms with E-state index in [9.17, 15) is 9.18 Å². The van der Waals surface area contributed by atoms with Crippen LogP contribution in [0.3, 0.4) is 0 Å². The largest absolute Gasteiger partial charge is 0.368 e. The van der Waals surface area contributed by atoms with Crippen LogP contribution in [0.25, 0.3) is 0 Å². The van der Waals surface area contributed by atoms with Crippen LogP contribution >= 0.6 is 11.6 Å². The third kappa shape index (κ3) is 2.65. The Morgan fingerprint density at radius 2 is 1.89 bits per heavy atom. The fraction of sp³-hybridized carbons (Fsp3) is 0.462. The lowest BCUT2D eigenvalue weighted by Crippen LogP contribution is -2.44. The minimum Gasteiger partial charge on any atom is -0.368 e. The Balaban J connectivity index is 2.35. The third-order valence-electron chi connectivity index (χ3n) is 3.24. The molecule has 1 aliphatic rings. The molecule has 0 amide bonds. The van der Waals surface area contributed by atoms with Gasteiger partial charge < -0.3 is 9.80 Å². The molecule has 1 heterocycles. The van der Waals surface area contributed by atoms with E-state index in [1.807, 2.05) is 11.9 Å². The van der Waals surface area contributed by atoms with Gasteiger partial charge in [0.05, 0.1) is 10.7 Å². The number of anilines is 1. The highest BCUT2D eigenvalue weighted by Crippen LogP contribution is 2.31. The lowest BCUT2D eigenvalue weighted by molar-refractivity contribution is 0.101. The monoisotopic (exact) mass is 270 g/mol. The van der Waals surface area contributed by atoms with Gasteiger partial charge in [-0.15, -0.1) is 0 Å². The molecule has 0 saturated carbocycles. The number of carbonyl (C=O) groups excluding carboxylic acids is 1. The minimum absolute atomic E-state index is 0.213. The number of Topliss-reactive ketones (excluding diaryl/α,β-unsaturated/α-hetero) is 1. The van der Waals surface area contributed by atoms with E-state index >= 15 is 0 Å². The third-order valence-corrected chi connectivity index (χ3v) is 3.64. The molecule has 0 atom stereocenters. The maximum atomic E-state index is 13.6. The summed E-state index contributed by atoms with van der Waals surface area (Å²) in [5.41, 5.74) is 0.876. The predicted molar refractivity (Wildman–Crippen MR) is 71.1 cm³/mol. The number of rotatable bonds is 2. The van der Waals surface area contributed by atoms with Crippen molar-refractivity contribution in [3.63, 3.8) is 0 Å². The first-order chi connectivity index (χ1) is 8.49. The first-order valence-electron chi connectivity index (χ1n) is 5.92. The maximum Gasteiger partial charge on any atom is 0.161 e. The molecule has 0 aliphatic carbocycles. The van der Waals surface area contributed by atoms with Crippen molar-refractivity contribution in [1.29, 1.82) is 0 Å². The van der Waals surface area contributed by atoms with Crippen LogP contribution in [0.15, 0.2) is 12.1 Å². The van der Waals surface area contributed by atoms with Crippen LogP contribution in [-0.2, 0) is 0 Å². The number of ketones is 1. The van der Waals surface area contributed by atoms with Gasteiger partial charge in [-0.3, -0.25) is 4.79 Å². The molecule has 98 valence electrons. The molecular weight excluding hydrogens is 255 g/mol. The van der Waals surface area contributed by atoms with Gasteiger partial charge in [-0.25, -0.2) is 4.39 Å². The molecule has 1 aromatic carbocycles. The van der Waals surface area contributed by atoms with Crippen LogP contribution in [0.1, 0.15) is 17.3 Å². The first-order valence-corrected chi connectivity index (χ1v) is 6.30. The molecule has 2 rings (SSSR count). The Bertz CT molecular complexity index is 470. The molecule has 3 nitrogen and oxygen atoms in total. The van der Waals surface area contributed by atoms with Crippen molar-refractivity contribution in [2.24, 2.45) is 0 Å². The van der Waals surface area contributed by atoms with Gasteiger partial charge in [-0.05, 0) is 26.1 Å². The van der Waals surface area contributed by atoms with E-state index in [2.05, 4.69) is 4.90 Å². The average Bonchev–Trinajstić information content (AvgIpc) is 2.32. The summed E-state index contributed by atoms with van der Waals surface area (Å²) in [5, 5.41) is 0.355. The molecule has 1 saturated heterocycles. The van der Waals surface area contributed by atoms with Gasteiger partial charge in [-0.2, -0.15) is 0 Å². The zero-order valence-corrected chi connectivity index (χ0v) is 11.3. The van der Waals surface area contributed by atoms with E-state index in [1.165, 1.54) is 19.1 Å². The van der Waals surface area contributed by atoms with Crippen molar-refractivity contribution in [2.45, 2.75) is 6.92 Å². The fourth-order valence-electron chi connectivity index (χ4n) is 2.11. The Morgan fingerprint density at radius 1 is 1.28 bits per heavy atom. The molecule has 5 heteroatoms. The summed E-state index contributed by atoms with van der Waals surface area (Å²) in [5.74, 6) is -0.631. The van der Waals surface area contributed by atoms with Crippen LogP contribution in [0.4, 0.5) is 10.1 Å². The lowest BCUT2D eigenvalue weighted by atomic mass is 10.1. The Kier molecular flexibility index (Phi) is 3.88. The summed E-state index contributed by atoms with van der Waals surface area (Å²) < 4.78 is 13.6. The van der Waals surface area contributed by atoms with Gasteiger partial charge >= 0.3 is 0 Å². The van der Waals surface area contributed by atoms with Crippen LogP contribution in [0.2, 0.25) is 5.02 Å². The lowest BCUT2D eigenvalue weighted by Gasteiger charge is -2.34. The Hall–Kier alpha value is -1.13. The van der Waals surface area contributed by atoms with Gasteiger partial charge in [-0.1, -0.05) is 11.6 Å². The van der Waals surface area contributed by atoms with E-state index in [1.54, 1.807) is 0 Å². The molecule has 0 aromatic heterocycles. The SMILES string of the molecule is CC(=O)c1cc(F)cc(N2CCN(C)CC2)c1Cl. The summed E-state index contributed by atoms with van der Waals surface area (Å²) in [4.78, 5) is 15.7. The second-order valence-corrected chi connectivity index (χ2v) is 5.01. The summed E-state index contributed by atoms with van der Waals surface area (Å²) >= 11 is 6.20. The summed E-state index contributed by atoms with van der Waals surface area (Å²) in [7, 11) is 2.05. The van der Waals surface area contributed by atoms with Gasteiger partial charge in [0.2, 0.25) is 0 Å². The standard InChI is InChI=1S/C13H16ClFN2O/c1-9(18)11-7-10(15)8-12(13(11)14)17-5-3-16(2)4-6-17/h7-8H,3-6H2,1-2H3. The second-order valence-electron chi connectivity index (χ2n) is 4.63. The highest BCUT2D eigenvalue weighted by Gasteiger charge is 2.20.